The summed E-state index contributed by atoms with van der Waals surface area (Å²) < 4.78 is 0. The molecule has 0 saturated carbocycles. The second-order valence-electron chi connectivity index (χ2n) is 5.78. The fraction of sp³-hybridized carbons (Fsp3) is 0.571. The third kappa shape index (κ3) is 4.48. The van der Waals surface area contributed by atoms with E-state index in [4.69, 9.17) is 11.6 Å². The molecule has 0 amide bonds. The van der Waals surface area contributed by atoms with Crippen LogP contribution in [0.3, 0.4) is 0 Å². The fourth-order valence-electron chi connectivity index (χ4n) is 1.58. The van der Waals surface area contributed by atoms with Crippen LogP contribution in [0.25, 0.3) is 0 Å². The summed E-state index contributed by atoms with van der Waals surface area (Å²) >= 11 is 5.78. The third-order valence-electron chi connectivity index (χ3n) is 3.70. The molecule has 0 fully saturated rings. The van der Waals surface area contributed by atoms with Gasteiger partial charge in [0.25, 0.3) is 5.69 Å². The molecule has 106 valence electrons. The van der Waals surface area contributed by atoms with Gasteiger partial charge in [-0.25, -0.2) is 0 Å². The number of rotatable bonds is 6. The molecular formula is C14H21ClN2O2. The summed E-state index contributed by atoms with van der Waals surface area (Å²) in [6.07, 6.45) is 0. The van der Waals surface area contributed by atoms with Crippen molar-refractivity contribution in [3.8, 4) is 0 Å². The Morgan fingerprint density at radius 1 is 1.42 bits per heavy atom. The van der Waals surface area contributed by atoms with Gasteiger partial charge in [-0.1, -0.05) is 39.3 Å². The minimum absolute atomic E-state index is 0.0716. The molecule has 1 aromatic carbocycles. The molecule has 0 spiro atoms. The molecule has 5 heteroatoms. The molecule has 4 nitrogen and oxygen atoms in total. The van der Waals surface area contributed by atoms with E-state index in [1.165, 1.54) is 6.07 Å². The summed E-state index contributed by atoms with van der Waals surface area (Å²) in [6.45, 7) is 9.99. The van der Waals surface area contributed by atoms with Gasteiger partial charge in [-0.2, -0.15) is 0 Å². The van der Waals surface area contributed by atoms with Crippen LogP contribution in [0.5, 0.6) is 0 Å². The minimum atomic E-state index is -0.392. The van der Waals surface area contributed by atoms with E-state index >= 15 is 0 Å². The normalized spacial score (nSPS) is 11.9. The van der Waals surface area contributed by atoms with E-state index in [9.17, 15) is 10.1 Å². The van der Waals surface area contributed by atoms with Gasteiger partial charge in [0.1, 0.15) is 0 Å². The number of nitrogens with zero attached hydrogens (tertiary/aromatic N) is 1. The lowest BCUT2D eigenvalue weighted by Gasteiger charge is -2.29. The molecule has 19 heavy (non-hydrogen) atoms. The SMILES string of the molecule is CC(C)C(C)(C)CNCc1ccc(Cl)cc1[N+](=O)[O-]. The van der Waals surface area contributed by atoms with Gasteiger partial charge < -0.3 is 5.32 Å². The van der Waals surface area contributed by atoms with E-state index in [1.807, 2.05) is 0 Å². The van der Waals surface area contributed by atoms with Crippen molar-refractivity contribution < 1.29 is 4.92 Å². The first-order valence-electron chi connectivity index (χ1n) is 6.37. The second kappa shape index (κ2) is 6.35. The quantitative estimate of drug-likeness (QED) is 0.634. The average Bonchev–Trinajstić information content (AvgIpc) is 2.30. The maximum atomic E-state index is 11.0. The van der Waals surface area contributed by atoms with E-state index in [2.05, 4.69) is 33.0 Å². The summed E-state index contributed by atoms with van der Waals surface area (Å²) in [5, 5.41) is 14.6. The zero-order chi connectivity index (χ0) is 14.6. The van der Waals surface area contributed by atoms with E-state index in [0.717, 1.165) is 6.54 Å². The zero-order valence-electron chi connectivity index (χ0n) is 11.9. The van der Waals surface area contributed by atoms with Crippen LogP contribution >= 0.6 is 11.6 Å². The monoisotopic (exact) mass is 284 g/mol. The lowest BCUT2D eigenvalue weighted by Crippen LogP contribution is -2.33. The van der Waals surface area contributed by atoms with Crippen LogP contribution in [0.15, 0.2) is 18.2 Å². The predicted octanol–water partition coefficient (Wildman–Crippen LogP) is 4.02. The van der Waals surface area contributed by atoms with Gasteiger partial charge in [0, 0.05) is 29.7 Å². The summed E-state index contributed by atoms with van der Waals surface area (Å²) in [5.74, 6) is 0.542. The number of nitro groups is 1. The number of nitro benzene ring substituents is 1. The summed E-state index contributed by atoms with van der Waals surface area (Å²) in [4.78, 5) is 10.6. The van der Waals surface area contributed by atoms with Crippen molar-refractivity contribution >= 4 is 17.3 Å². The van der Waals surface area contributed by atoms with Gasteiger partial charge >= 0.3 is 0 Å². The van der Waals surface area contributed by atoms with Gasteiger partial charge in [0.15, 0.2) is 0 Å². The predicted molar refractivity (Wildman–Crippen MR) is 78.4 cm³/mol. The number of nitrogens with one attached hydrogen (secondary N) is 1. The Bertz CT molecular complexity index is 459. The zero-order valence-corrected chi connectivity index (χ0v) is 12.6. The molecule has 0 radical (unpaired) electrons. The molecule has 0 aliphatic heterocycles. The molecule has 0 unspecified atom stereocenters. The van der Waals surface area contributed by atoms with E-state index in [0.29, 0.717) is 23.0 Å². The van der Waals surface area contributed by atoms with Crippen molar-refractivity contribution in [2.24, 2.45) is 11.3 Å². The van der Waals surface area contributed by atoms with E-state index < -0.39 is 4.92 Å². The van der Waals surface area contributed by atoms with Crippen LogP contribution in [0.2, 0.25) is 5.02 Å². The van der Waals surface area contributed by atoms with Crippen molar-refractivity contribution in [3.63, 3.8) is 0 Å². The molecule has 1 rings (SSSR count). The summed E-state index contributed by atoms with van der Waals surface area (Å²) in [5.41, 5.74) is 0.887. The maximum Gasteiger partial charge on any atom is 0.275 e. The fourth-order valence-corrected chi connectivity index (χ4v) is 1.75. The van der Waals surface area contributed by atoms with Crippen molar-refractivity contribution in [3.05, 3.63) is 38.9 Å². The van der Waals surface area contributed by atoms with Crippen molar-refractivity contribution in [1.82, 2.24) is 5.32 Å². The summed E-state index contributed by atoms with van der Waals surface area (Å²) in [6, 6.07) is 4.78. The Morgan fingerprint density at radius 2 is 2.05 bits per heavy atom. The Morgan fingerprint density at radius 3 is 2.58 bits per heavy atom. The van der Waals surface area contributed by atoms with Crippen LogP contribution in [0, 0.1) is 21.4 Å². The van der Waals surface area contributed by atoms with Gasteiger partial charge in [-0.3, -0.25) is 10.1 Å². The highest BCUT2D eigenvalue weighted by Crippen LogP contribution is 2.26. The lowest BCUT2D eigenvalue weighted by molar-refractivity contribution is -0.385. The smallest absolute Gasteiger partial charge is 0.275 e. The van der Waals surface area contributed by atoms with E-state index in [1.54, 1.807) is 12.1 Å². The topological polar surface area (TPSA) is 55.2 Å². The lowest BCUT2D eigenvalue weighted by atomic mass is 9.81. The third-order valence-corrected chi connectivity index (χ3v) is 3.94. The van der Waals surface area contributed by atoms with Crippen LogP contribution in [-0.2, 0) is 6.54 Å². The molecule has 1 aromatic rings. The van der Waals surface area contributed by atoms with Gasteiger partial charge in [0.05, 0.1) is 4.92 Å². The first kappa shape index (κ1) is 15.9. The Kier molecular flexibility index (Phi) is 5.32. The molecule has 0 aliphatic carbocycles. The molecule has 0 bridgehead atoms. The van der Waals surface area contributed by atoms with Gasteiger partial charge in [-0.15, -0.1) is 0 Å². The standard InChI is InChI=1S/C14H21ClN2O2/c1-10(2)14(3,4)9-16-8-11-5-6-12(15)7-13(11)17(18)19/h5-7,10,16H,8-9H2,1-4H3. The Balaban J connectivity index is 2.71. The van der Waals surface area contributed by atoms with Crippen LogP contribution < -0.4 is 5.32 Å². The van der Waals surface area contributed by atoms with Crippen molar-refractivity contribution in [2.75, 3.05) is 6.54 Å². The molecule has 1 N–H and O–H groups in total. The van der Waals surface area contributed by atoms with Crippen molar-refractivity contribution in [1.29, 1.82) is 0 Å². The highest BCUT2D eigenvalue weighted by Gasteiger charge is 2.22. The molecule has 0 aliphatic rings. The maximum absolute atomic E-state index is 11.0. The largest absolute Gasteiger partial charge is 0.312 e. The van der Waals surface area contributed by atoms with Crippen molar-refractivity contribution in [2.45, 2.75) is 34.2 Å². The summed E-state index contributed by atoms with van der Waals surface area (Å²) in [7, 11) is 0. The average molecular weight is 285 g/mol. The number of hydrogen-bond acceptors (Lipinski definition) is 3. The molecule has 0 aromatic heterocycles. The first-order valence-corrected chi connectivity index (χ1v) is 6.75. The molecular weight excluding hydrogens is 264 g/mol. The molecule has 0 heterocycles. The van der Waals surface area contributed by atoms with Crippen LogP contribution in [-0.4, -0.2) is 11.5 Å². The van der Waals surface area contributed by atoms with Gasteiger partial charge in [-0.05, 0) is 23.5 Å². The number of benzene rings is 1. The second-order valence-corrected chi connectivity index (χ2v) is 6.21. The highest BCUT2D eigenvalue weighted by atomic mass is 35.5. The van der Waals surface area contributed by atoms with Crippen LogP contribution in [0.4, 0.5) is 5.69 Å². The molecule has 0 saturated heterocycles. The van der Waals surface area contributed by atoms with Gasteiger partial charge in [0.2, 0.25) is 0 Å². The van der Waals surface area contributed by atoms with E-state index in [-0.39, 0.29) is 11.1 Å². The Hall–Kier alpha value is -1.13. The highest BCUT2D eigenvalue weighted by molar-refractivity contribution is 6.30. The Labute approximate surface area is 119 Å². The van der Waals surface area contributed by atoms with Crippen LogP contribution in [0.1, 0.15) is 33.3 Å². The molecule has 0 atom stereocenters. The minimum Gasteiger partial charge on any atom is -0.312 e. The number of halogens is 1. The number of hydrogen-bond donors (Lipinski definition) is 1. The first-order chi connectivity index (χ1) is 8.74.